The van der Waals surface area contributed by atoms with E-state index in [2.05, 4.69) is 32.7 Å². The Bertz CT molecular complexity index is 540. The SMILES string of the molecule is CN=C(NCCN1CCCCC1)NC1CC1c1cccc(Cl)c1. The lowest BCUT2D eigenvalue weighted by molar-refractivity contribution is 0.232. The van der Waals surface area contributed by atoms with Crippen LogP contribution in [-0.2, 0) is 0 Å². The molecular weight excluding hydrogens is 308 g/mol. The largest absolute Gasteiger partial charge is 0.355 e. The first-order valence-corrected chi connectivity index (χ1v) is 9.09. The number of hydrogen-bond acceptors (Lipinski definition) is 2. The molecule has 0 bridgehead atoms. The minimum atomic E-state index is 0.467. The van der Waals surface area contributed by atoms with Crippen LogP contribution < -0.4 is 10.6 Å². The van der Waals surface area contributed by atoms with Crippen LogP contribution in [0, 0.1) is 0 Å². The van der Waals surface area contributed by atoms with Crippen LogP contribution in [0.4, 0.5) is 0 Å². The van der Waals surface area contributed by atoms with Gasteiger partial charge in [0.2, 0.25) is 0 Å². The predicted molar refractivity (Wildman–Crippen MR) is 97.4 cm³/mol. The zero-order valence-corrected chi connectivity index (χ0v) is 14.6. The van der Waals surface area contributed by atoms with E-state index in [1.54, 1.807) is 0 Å². The van der Waals surface area contributed by atoms with Crippen LogP contribution in [0.25, 0.3) is 0 Å². The van der Waals surface area contributed by atoms with Crippen LogP contribution in [0.1, 0.15) is 37.2 Å². The summed E-state index contributed by atoms with van der Waals surface area (Å²) in [5.41, 5.74) is 1.32. The van der Waals surface area contributed by atoms with Crippen molar-refractivity contribution in [3.63, 3.8) is 0 Å². The molecule has 4 nitrogen and oxygen atoms in total. The van der Waals surface area contributed by atoms with Gasteiger partial charge in [0.25, 0.3) is 0 Å². The predicted octanol–water partition coefficient (Wildman–Crippen LogP) is 2.85. The molecule has 2 unspecified atom stereocenters. The summed E-state index contributed by atoms with van der Waals surface area (Å²) in [6.45, 7) is 4.54. The Hall–Kier alpha value is -1.26. The van der Waals surface area contributed by atoms with E-state index in [1.165, 1.54) is 37.9 Å². The average molecular weight is 335 g/mol. The summed E-state index contributed by atoms with van der Waals surface area (Å²) < 4.78 is 0. The van der Waals surface area contributed by atoms with E-state index in [-0.39, 0.29) is 0 Å². The van der Waals surface area contributed by atoms with Crippen molar-refractivity contribution >= 4 is 17.6 Å². The molecule has 0 amide bonds. The molecule has 2 N–H and O–H groups in total. The van der Waals surface area contributed by atoms with E-state index in [0.29, 0.717) is 12.0 Å². The Balaban J connectivity index is 1.40. The molecule has 1 aromatic carbocycles. The number of piperidine rings is 1. The van der Waals surface area contributed by atoms with Gasteiger partial charge in [0.15, 0.2) is 5.96 Å². The second kappa shape index (κ2) is 8.02. The molecule has 2 aliphatic rings. The van der Waals surface area contributed by atoms with E-state index in [0.717, 1.165) is 30.5 Å². The first kappa shape index (κ1) is 16.6. The molecule has 126 valence electrons. The zero-order valence-electron chi connectivity index (χ0n) is 13.9. The highest BCUT2D eigenvalue weighted by Gasteiger charge is 2.39. The van der Waals surface area contributed by atoms with Gasteiger partial charge in [-0.25, -0.2) is 0 Å². The van der Waals surface area contributed by atoms with Crippen LogP contribution in [0.15, 0.2) is 29.3 Å². The van der Waals surface area contributed by atoms with Crippen LogP contribution in [0.2, 0.25) is 5.02 Å². The van der Waals surface area contributed by atoms with Crippen molar-refractivity contribution in [2.45, 2.75) is 37.6 Å². The van der Waals surface area contributed by atoms with Crippen molar-refractivity contribution in [3.05, 3.63) is 34.9 Å². The van der Waals surface area contributed by atoms with Gasteiger partial charge in [0.1, 0.15) is 0 Å². The Kier molecular flexibility index (Phi) is 5.79. The summed E-state index contributed by atoms with van der Waals surface area (Å²) in [6.07, 6.45) is 5.22. The molecule has 1 saturated heterocycles. The zero-order chi connectivity index (χ0) is 16.1. The summed E-state index contributed by atoms with van der Waals surface area (Å²) in [4.78, 5) is 6.88. The van der Waals surface area contributed by atoms with Crippen molar-refractivity contribution in [3.8, 4) is 0 Å². The van der Waals surface area contributed by atoms with E-state index in [4.69, 9.17) is 11.6 Å². The highest BCUT2D eigenvalue weighted by molar-refractivity contribution is 6.30. The minimum Gasteiger partial charge on any atom is -0.355 e. The van der Waals surface area contributed by atoms with Crippen molar-refractivity contribution in [2.24, 2.45) is 4.99 Å². The van der Waals surface area contributed by atoms with E-state index in [9.17, 15) is 0 Å². The molecule has 1 saturated carbocycles. The quantitative estimate of drug-likeness (QED) is 0.642. The summed E-state index contributed by atoms with van der Waals surface area (Å²) >= 11 is 6.08. The number of halogens is 1. The van der Waals surface area contributed by atoms with E-state index in [1.807, 2.05) is 19.2 Å². The standard InChI is InChI=1S/C18H27ClN4/c1-20-18(21-8-11-23-9-3-2-4-10-23)22-17-13-16(17)14-6-5-7-15(19)12-14/h5-7,12,16-17H,2-4,8-11,13H2,1H3,(H2,20,21,22). The Morgan fingerprint density at radius 2 is 2.13 bits per heavy atom. The molecule has 2 fully saturated rings. The number of benzene rings is 1. The van der Waals surface area contributed by atoms with Gasteiger partial charge in [0, 0.05) is 37.1 Å². The molecule has 1 aliphatic carbocycles. The van der Waals surface area contributed by atoms with Crippen molar-refractivity contribution in [1.29, 1.82) is 0 Å². The number of hydrogen-bond donors (Lipinski definition) is 2. The van der Waals surface area contributed by atoms with E-state index < -0.39 is 0 Å². The third-order valence-electron chi connectivity index (χ3n) is 4.78. The molecule has 23 heavy (non-hydrogen) atoms. The first-order chi connectivity index (χ1) is 11.3. The van der Waals surface area contributed by atoms with Gasteiger partial charge >= 0.3 is 0 Å². The lowest BCUT2D eigenvalue weighted by Gasteiger charge is -2.26. The molecule has 1 aromatic rings. The first-order valence-electron chi connectivity index (χ1n) is 8.71. The third-order valence-corrected chi connectivity index (χ3v) is 5.02. The van der Waals surface area contributed by atoms with Gasteiger partial charge in [0.05, 0.1) is 0 Å². The lowest BCUT2D eigenvalue weighted by atomic mass is 10.1. The fraction of sp³-hybridized carbons (Fsp3) is 0.611. The van der Waals surface area contributed by atoms with Gasteiger partial charge in [-0.3, -0.25) is 4.99 Å². The highest BCUT2D eigenvalue weighted by atomic mass is 35.5. The van der Waals surface area contributed by atoms with Crippen LogP contribution >= 0.6 is 11.6 Å². The Labute approximate surface area is 144 Å². The third kappa shape index (κ3) is 4.85. The number of nitrogens with one attached hydrogen (secondary N) is 2. The smallest absolute Gasteiger partial charge is 0.191 e. The summed E-state index contributed by atoms with van der Waals surface area (Å²) in [6, 6.07) is 8.65. The Morgan fingerprint density at radius 1 is 1.30 bits per heavy atom. The maximum atomic E-state index is 6.08. The monoisotopic (exact) mass is 334 g/mol. The molecule has 0 aromatic heterocycles. The minimum absolute atomic E-state index is 0.467. The van der Waals surface area contributed by atoms with Gasteiger partial charge in [-0.1, -0.05) is 30.2 Å². The van der Waals surface area contributed by atoms with Crippen LogP contribution in [-0.4, -0.2) is 50.1 Å². The van der Waals surface area contributed by atoms with Gasteiger partial charge < -0.3 is 15.5 Å². The number of aliphatic imine (C=N–C) groups is 1. The summed E-state index contributed by atoms with van der Waals surface area (Å²) in [7, 11) is 1.84. The highest BCUT2D eigenvalue weighted by Crippen LogP contribution is 2.41. The summed E-state index contributed by atoms with van der Waals surface area (Å²) in [5, 5.41) is 7.78. The van der Waals surface area contributed by atoms with E-state index >= 15 is 0 Å². The second-order valence-electron chi connectivity index (χ2n) is 6.55. The van der Waals surface area contributed by atoms with Gasteiger partial charge in [-0.05, 0) is 50.0 Å². The van der Waals surface area contributed by atoms with Gasteiger partial charge in [-0.2, -0.15) is 0 Å². The van der Waals surface area contributed by atoms with Crippen LogP contribution in [0.3, 0.4) is 0 Å². The molecule has 0 radical (unpaired) electrons. The van der Waals surface area contributed by atoms with Crippen molar-refractivity contribution in [1.82, 2.24) is 15.5 Å². The molecule has 5 heteroatoms. The molecular formula is C18H27ClN4. The second-order valence-corrected chi connectivity index (χ2v) is 6.99. The molecule has 2 atom stereocenters. The lowest BCUT2D eigenvalue weighted by Crippen LogP contribution is -2.43. The molecule has 0 spiro atoms. The molecule has 1 aliphatic heterocycles. The average Bonchev–Trinajstić information content (AvgIpc) is 3.34. The molecule has 1 heterocycles. The number of nitrogens with zero attached hydrogens (tertiary/aromatic N) is 2. The maximum Gasteiger partial charge on any atom is 0.191 e. The van der Waals surface area contributed by atoms with Crippen molar-refractivity contribution in [2.75, 3.05) is 33.2 Å². The number of rotatable bonds is 5. The van der Waals surface area contributed by atoms with Gasteiger partial charge in [-0.15, -0.1) is 0 Å². The number of guanidine groups is 1. The van der Waals surface area contributed by atoms with Crippen LogP contribution in [0.5, 0.6) is 0 Å². The Morgan fingerprint density at radius 3 is 2.87 bits per heavy atom. The topological polar surface area (TPSA) is 39.7 Å². The normalized spacial score (nSPS) is 25.2. The number of likely N-dealkylation sites (tertiary alicyclic amines) is 1. The fourth-order valence-corrected chi connectivity index (χ4v) is 3.54. The van der Waals surface area contributed by atoms with Crippen molar-refractivity contribution < 1.29 is 0 Å². The maximum absolute atomic E-state index is 6.08. The molecule has 3 rings (SSSR count). The fourth-order valence-electron chi connectivity index (χ4n) is 3.35. The summed E-state index contributed by atoms with van der Waals surface area (Å²) in [5.74, 6) is 1.46.